The first kappa shape index (κ1) is 25.6. The first-order valence-electron chi connectivity index (χ1n) is 10.8. The van der Waals surface area contributed by atoms with Gasteiger partial charge in [-0.1, -0.05) is 35.0 Å². The maximum atomic E-state index is 12.9. The third kappa shape index (κ3) is 6.81. The van der Waals surface area contributed by atoms with Gasteiger partial charge in [0.1, 0.15) is 12.3 Å². The number of benzene rings is 3. The summed E-state index contributed by atoms with van der Waals surface area (Å²) in [4.78, 5) is 29.9. The second-order valence-corrected chi connectivity index (χ2v) is 9.45. The van der Waals surface area contributed by atoms with Gasteiger partial charge >= 0.3 is 0 Å². The number of aromatic nitrogens is 2. The van der Waals surface area contributed by atoms with Crippen LogP contribution in [-0.2, 0) is 16.1 Å². The Morgan fingerprint density at radius 3 is 1.97 bits per heavy atom. The van der Waals surface area contributed by atoms with E-state index in [-0.39, 0.29) is 24.1 Å². The summed E-state index contributed by atoms with van der Waals surface area (Å²) >= 11 is 13.1. The Morgan fingerprint density at radius 1 is 0.861 bits per heavy atom. The SMILES string of the molecule is COc1ccc(-c2cnc(SCC(=O)Nc3ccc(Cl)cc3)n2CC(=O)Nc2ccc(Cl)cc2)cc1. The van der Waals surface area contributed by atoms with Gasteiger partial charge in [0, 0.05) is 27.0 Å². The summed E-state index contributed by atoms with van der Waals surface area (Å²) in [6.45, 7) is 0.00509. The van der Waals surface area contributed by atoms with E-state index in [2.05, 4.69) is 15.6 Å². The molecule has 4 aromatic rings. The van der Waals surface area contributed by atoms with Gasteiger partial charge < -0.3 is 19.9 Å². The number of nitrogens with one attached hydrogen (secondary N) is 2. The van der Waals surface area contributed by atoms with Crippen LogP contribution in [0, 0.1) is 0 Å². The fourth-order valence-corrected chi connectivity index (χ4v) is 4.39. The predicted molar refractivity (Wildman–Crippen MR) is 145 cm³/mol. The molecule has 0 aliphatic carbocycles. The number of carbonyl (C=O) groups is 2. The van der Waals surface area contributed by atoms with E-state index < -0.39 is 0 Å². The van der Waals surface area contributed by atoms with E-state index in [1.165, 1.54) is 11.8 Å². The van der Waals surface area contributed by atoms with Crippen molar-refractivity contribution in [2.45, 2.75) is 11.7 Å². The van der Waals surface area contributed by atoms with Gasteiger partial charge in [-0.05, 0) is 72.8 Å². The van der Waals surface area contributed by atoms with E-state index in [0.29, 0.717) is 26.6 Å². The Labute approximate surface area is 222 Å². The fraction of sp³-hybridized carbons (Fsp3) is 0.115. The lowest BCUT2D eigenvalue weighted by atomic mass is 10.1. The Bertz CT molecular complexity index is 1340. The second-order valence-electron chi connectivity index (χ2n) is 7.64. The van der Waals surface area contributed by atoms with Gasteiger partial charge in [0.05, 0.1) is 24.8 Å². The topological polar surface area (TPSA) is 85.2 Å². The number of imidazole rings is 1. The average molecular weight is 541 g/mol. The van der Waals surface area contributed by atoms with Gasteiger partial charge in [-0.25, -0.2) is 4.98 Å². The average Bonchev–Trinajstić information content (AvgIpc) is 3.27. The van der Waals surface area contributed by atoms with Crippen molar-refractivity contribution in [3.05, 3.63) is 89.0 Å². The number of hydrogen-bond acceptors (Lipinski definition) is 5. The Balaban J connectivity index is 1.52. The molecule has 0 aliphatic heterocycles. The number of hydrogen-bond donors (Lipinski definition) is 2. The molecule has 4 rings (SSSR count). The number of carbonyl (C=O) groups excluding carboxylic acids is 2. The molecular weight excluding hydrogens is 519 g/mol. The zero-order valence-electron chi connectivity index (χ0n) is 19.2. The van der Waals surface area contributed by atoms with Gasteiger partial charge in [-0.3, -0.25) is 9.59 Å². The molecule has 0 unspecified atom stereocenters. The van der Waals surface area contributed by atoms with Gasteiger partial charge in [0.15, 0.2) is 5.16 Å². The minimum atomic E-state index is -0.238. The molecule has 0 saturated heterocycles. The number of methoxy groups -OCH3 is 1. The maximum absolute atomic E-state index is 12.9. The van der Waals surface area contributed by atoms with Crippen molar-refractivity contribution in [1.82, 2.24) is 9.55 Å². The van der Waals surface area contributed by atoms with Crippen LogP contribution in [0.5, 0.6) is 5.75 Å². The first-order chi connectivity index (χ1) is 17.4. The lowest BCUT2D eigenvalue weighted by Crippen LogP contribution is -2.20. The Hall–Kier alpha value is -3.46. The van der Waals surface area contributed by atoms with E-state index in [9.17, 15) is 9.59 Å². The summed E-state index contributed by atoms with van der Waals surface area (Å²) < 4.78 is 7.03. The normalized spacial score (nSPS) is 10.6. The zero-order valence-corrected chi connectivity index (χ0v) is 21.5. The zero-order chi connectivity index (χ0) is 25.5. The summed E-state index contributed by atoms with van der Waals surface area (Å²) in [5.74, 6) is 0.394. The highest BCUT2D eigenvalue weighted by molar-refractivity contribution is 7.99. The fourth-order valence-electron chi connectivity index (χ4n) is 3.36. The molecule has 7 nitrogen and oxygen atoms in total. The summed E-state index contributed by atoms with van der Waals surface area (Å²) in [6.07, 6.45) is 1.69. The summed E-state index contributed by atoms with van der Waals surface area (Å²) in [5, 5.41) is 7.41. The molecule has 1 heterocycles. The van der Waals surface area contributed by atoms with E-state index in [0.717, 1.165) is 17.0 Å². The van der Waals surface area contributed by atoms with E-state index in [1.807, 2.05) is 24.3 Å². The van der Waals surface area contributed by atoms with Gasteiger partial charge in [-0.15, -0.1) is 0 Å². The molecule has 10 heteroatoms. The quantitative estimate of drug-likeness (QED) is 0.245. The van der Waals surface area contributed by atoms with Crippen molar-refractivity contribution >= 4 is 58.2 Å². The summed E-state index contributed by atoms with van der Waals surface area (Å²) in [7, 11) is 1.60. The van der Waals surface area contributed by atoms with Crippen LogP contribution >= 0.6 is 35.0 Å². The highest BCUT2D eigenvalue weighted by Gasteiger charge is 2.17. The number of rotatable bonds is 9. The number of anilines is 2. The minimum Gasteiger partial charge on any atom is -0.497 e. The van der Waals surface area contributed by atoms with Crippen LogP contribution < -0.4 is 15.4 Å². The predicted octanol–water partition coefficient (Wildman–Crippen LogP) is 6.24. The van der Waals surface area contributed by atoms with Crippen molar-refractivity contribution in [2.75, 3.05) is 23.5 Å². The third-order valence-corrected chi connectivity index (χ3v) is 6.59. The first-order valence-corrected chi connectivity index (χ1v) is 12.6. The highest BCUT2D eigenvalue weighted by Crippen LogP contribution is 2.28. The lowest BCUT2D eigenvalue weighted by Gasteiger charge is -2.13. The van der Waals surface area contributed by atoms with Crippen molar-refractivity contribution in [3.63, 3.8) is 0 Å². The molecule has 0 spiro atoms. The van der Waals surface area contributed by atoms with Crippen LogP contribution in [0.4, 0.5) is 11.4 Å². The van der Waals surface area contributed by atoms with Gasteiger partial charge in [-0.2, -0.15) is 0 Å². The smallest absolute Gasteiger partial charge is 0.244 e. The number of thioether (sulfide) groups is 1. The van der Waals surface area contributed by atoms with Crippen molar-refractivity contribution in [3.8, 4) is 17.0 Å². The van der Waals surface area contributed by atoms with Crippen molar-refractivity contribution in [1.29, 1.82) is 0 Å². The van der Waals surface area contributed by atoms with E-state index in [1.54, 1.807) is 66.4 Å². The number of halogens is 2. The van der Waals surface area contributed by atoms with Crippen LogP contribution in [0.2, 0.25) is 10.0 Å². The van der Waals surface area contributed by atoms with Crippen LogP contribution in [-0.4, -0.2) is 34.2 Å². The van der Waals surface area contributed by atoms with Crippen LogP contribution in [0.3, 0.4) is 0 Å². The monoisotopic (exact) mass is 540 g/mol. The molecule has 3 aromatic carbocycles. The molecule has 0 radical (unpaired) electrons. The maximum Gasteiger partial charge on any atom is 0.244 e. The molecule has 2 amide bonds. The van der Waals surface area contributed by atoms with Gasteiger partial charge in [0.25, 0.3) is 0 Å². The Morgan fingerprint density at radius 2 is 1.42 bits per heavy atom. The number of amides is 2. The van der Waals surface area contributed by atoms with Crippen LogP contribution in [0.1, 0.15) is 0 Å². The highest BCUT2D eigenvalue weighted by atomic mass is 35.5. The number of nitrogens with zero attached hydrogens (tertiary/aromatic N) is 2. The van der Waals surface area contributed by atoms with Gasteiger partial charge in [0.2, 0.25) is 11.8 Å². The molecular formula is C26H22Cl2N4O3S. The third-order valence-electron chi connectivity index (χ3n) is 5.09. The molecule has 0 atom stereocenters. The second kappa shape index (κ2) is 12.0. The molecule has 0 fully saturated rings. The summed E-state index contributed by atoms with van der Waals surface area (Å²) in [6, 6.07) is 21.2. The number of ether oxygens (including phenoxy) is 1. The largest absolute Gasteiger partial charge is 0.497 e. The molecule has 184 valence electrons. The van der Waals surface area contributed by atoms with Crippen molar-refractivity contribution in [2.24, 2.45) is 0 Å². The van der Waals surface area contributed by atoms with Crippen LogP contribution in [0.25, 0.3) is 11.3 Å². The Kier molecular flexibility index (Phi) is 8.53. The molecule has 36 heavy (non-hydrogen) atoms. The van der Waals surface area contributed by atoms with E-state index >= 15 is 0 Å². The van der Waals surface area contributed by atoms with Crippen LogP contribution in [0.15, 0.2) is 84.1 Å². The lowest BCUT2D eigenvalue weighted by molar-refractivity contribution is -0.117. The standard InChI is InChI=1S/C26H22Cl2N4O3S/c1-35-22-12-2-17(3-13-22)23-14-29-26(36-16-25(34)31-21-10-6-19(28)7-11-21)32(23)15-24(33)30-20-8-4-18(27)5-9-20/h2-14H,15-16H2,1H3,(H,30,33)(H,31,34). The summed E-state index contributed by atoms with van der Waals surface area (Å²) in [5.41, 5.74) is 2.88. The molecule has 1 aromatic heterocycles. The minimum absolute atomic E-state index is 0.00509. The molecule has 0 aliphatic rings. The molecule has 2 N–H and O–H groups in total. The molecule has 0 bridgehead atoms. The van der Waals surface area contributed by atoms with Crippen molar-refractivity contribution < 1.29 is 14.3 Å². The molecule has 0 saturated carbocycles. The van der Waals surface area contributed by atoms with E-state index in [4.69, 9.17) is 27.9 Å².